The average molecular weight is 282 g/mol. The molecule has 2 amide bonds. The van der Waals surface area contributed by atoms with Crippen LogP contribution in [-0.4, -0.2) is 41.6 Å². The molecule has 114 valence electrons. The van der Waals surface area contributed by atoms with Gasteiger partial charge in [-0.05, 0) is 37.5 Å². The summed E-state index contributed by atoms with van der Waals surface area (Å²) in [6.07, 6.45) is 7.99. The van der Waals surface area contributed by atoms with Gasteiger partial charge in [0.25, 0.3) is 0 Å². The highest BCUT2D eigenvalue weighted by Crippen LogP contribution is 2.28. The van der Waals surface area contributed by atoms with Gasteiger partial charge in [0.05, 0.1) is 0 Å². The van der Waals surface area contributed by atoms with E-state index in [2.05, 4.69) is 5.32 Å². The molecule has 1 aliphatic heterocycles. The van der Waals surface area contributed by atoms with Crippen LogP contribution in [-0.2, 0) is 4.79 Å². The molecule has 2 N–H and O–H groups in total. The number of carbonyl (C=O) groups is 2. The third-order valence-electron chi connectivity index (χ3n) is 4.63. The zero-order chi connectivity index (χ0) is 14.4. The predicted molar refractivity (Wildman–Crippen MR) is 76.5 cm³/mol. The molecule has 0 bridgehead atoms. The van der Waals surface area contributed by atoms with E-state index in [1.807, 2.05) is 4.90 Å². The first-order valence-corrected chi connectivity index (χ1v) is 7.89. The SMILES string of the molecule is O=C(O)CCC1CCCN(C(=O)NCCC2CCC2)C1. The molecule has 0 spiro atoms. The van der Waals surface area contributed by atoms with Crippen LogP contribution in [0.15, 0.2) is 0 Å². The molecule has 5 heteroatoms. The maximum absolute atomic E-state index is 12.1. The first-order chi connectivity index (χ1) is 9.65. The number of amides is 2. The Kier molecular flexibility index (Phi) is 5.68. The lowest BCUT2D eigenvalue weighted by molar-refractivity contribution is -0.137. The Bertz CT molecular complexity index is 342. The summed E-state index contributed by atoms with van der Waals surface area (Å²) in [5.74, 6) is 0.421. The van der Waals surface area contributed by atoms with Gasteiger partial charge in [0.15, 0.2) is 0 Å². The fourth-order valence-corrected chi connectivity index (χ4v) is 3.09. The molecule has 2 aliphatic rings. The first kappa shape index (κ1) is 15.1. The molecule has 20 heavy (non-hydrogen) atoms. The number of nitrogens with zero attached hydrogens (tertiary/aromatic N) is 1. The van der Waals surface area contributed by atoms with Gasteiger partial charge in [0, 0.05) is 26.1 Å². The third kappa shape index (κ3) is 4.69. The van der Waals surface area contributed by atoms with Crippen molar-refractivity contribution in [1.29, 1.82) is 0 Å². The molecule has 1 saturated heterocycles. The summed E-state index contributed by atoms with van der Waals surface area (Å²) in [5, 5.41) is 11.7. The zero-order valence-electron chi connectivity index (χ0n) is 12.1. The van der Waals surface area contributed by atoms with Gasteiger partial charge in [-0.2, -0.15) is 0 Å². The number of likely N-dealkylation sites (tertiary alicyclic amines) is 1. The van der Waals surface area contributed by atoms with E-state index < -0.39 is 5.97 Å². The van der Waals surface area contributed by atoms with E-state index in [-0.39, 0.29) is 12.5 Å². The van der Waals surface area contributed by atoms with Gasteiger partial charge >= 0.3 is 12.0 Å². The molecule has 1 atom stereocenters. The summed E-state index contributed by atoms with van der Waals surface area (Å²) in [7, 11) is 0. The summed E-state index contributed by atoms with van der Waals surface area (Å²) >= 11 is 0. The van der Waals surface area contributed by atoms with Gasteiger partial charge in [-0.15, -0.1) is 0 Å². The van der Waals surface area contributed by atoms with Crippen LogP contribution < -0.4 is 5.32 Å². The lowest BCUT2D eigenvalue weighted by Crippen LogP contribution is -2.46. The Labute approximate surface area is 120 Å². The standard InChI is InChI=1S/C15H26N2O3/c18-14(19)7-6-13-5-2-10-17(11-13)15(20)16-9-8-12-3-1-4-12/h12-13H,1-11H2,(H,16,20)(H,18,19). The molecular weight excluding hydrogens is 256 g/mol. The monoisotopic (exact) mass is 282 g/mol. The first-order valence-electron chi connectivity index (χ1n) is 7.89. The van der Waals surface area contributed by atoms with Crippen LogP contribution >= 0.6 is 0 Å². The molecule has 1 saturated carbocycles. The molecule has 2 rings (SSSR count). The largest absolute Gasteiger partial charge is 0.481 e. The van der Waals surface area contributed by atoms with Crippen LogP contribution in [0.4, 0.5) is 4.79 Å². The lowest BCUT2D eigenvalue weighted by atomic mass is 9.83. The molecular formula is C15H26N2O3. The van der Waals surface area contributed by atoms with Gasteiger partial charge < -0.3 is 15.3 Å². The summed E-state index contributed by atoms with van der Waals surface area (Å²) in [6.45, 7) is 2.29. The van der Waals surface area contributed by atoms with Crippen molar-refractivity contribution in [2.24, 2.45) is 11.8 Å². The summed E-state index contributed by atoms with van der Waals surface area (Å²) in [6, 6.07) is 0.0318. The van der Waals surface area contributed by atoms with Gasteiger partial charge in [-0.25, -0.2) is 4.79 Å². The van der Waals surface area contributed by atoms with Crippen LogP contribution in [0.3, 0.4) is 0 Å². The number of carboxylic acid groups (broad SMARTS) is 1. The number of piperidine rings is 1. The van der Waals surface area contributed by atoms with Gasteiger partial charge in [-0.3, -0.25) is 4.79 Å². The highest BCUT2D eigenvalue weighted by molar-refractivity contribution is 5.74. The Hall–Kier alpha value is -1.26. The van der Waals surface area contributed by atoms with Gasteiger partial charge in [-0.1, -0.05) is 19.3 Å². The van der Waals surface area contributed by atoms with Crippen molar-refractivity contribution in [3.05, 3.63) is 0 Å². The van der Waals surface area contributed by atoms with Crippen LogP contribution in [0.25, 0.3) is 0 Å². The van der Waals surface area contributed by atoms with Crippen LogP contribution in [0.5, 0.6) is 0 Å². The van der Waals surface area contributed by atoms with E-state index in [9.17, 15) is 9.59 Å². The summed E-state index contributed by atoms with van der Waals surface area (Å²) < 4.78 is 0. The molecule has 0 aromatic carbocycles. The Morgan fingerprint density at radius 2 is 1.85 bits per heavy atom. The van der Waals surface area contributed by atoms with Crippen LogP contribution in [0.2, 0.25) is 0 Å². The minimum Gasteiger partial charge on any atom is -0.481 e. The fourth-order valence-electron chi connectivity index (χ4n) is 3.09. The Morgan fingerprint density at radius 1 is 1.10 bits per heavy atom. The molecule has 1 unspecified atom stereocenters. The molecule has 0 aromatic heterocycles. The summed E-state index contributed by atoms with van der Waals surface area (Å²) in [5.41, 5.74) is 0. The van der Waals surface area contributed by atoms with Crippen molar-refractivity contribution < 1.29 is 14.7 Å². The van der Waals surface area contributed by atoms with Crippen LogP contribution in [0, 0.1) is 11.8 Å². The topological polar surface area (TPSA) is 69.6 Å². The van der Waals surface area contributed by atoms with E-state index in [0.717, 1.165) is 38.3 Å². The Balaban J connectivity index is 1.64. The third-order valence-corrected chi connectivity index (χ3v) is 4.63. The molecule has 0 aromatic rings. The van der Waals surface area contributed by atoms with Crippen molar-refractivity contribution in [3.8, 4) is 0 Å². The number of carboxylic acids is 1. The number of hydrogen-bond donors (Lipinski definition) is 2. The van der Waals surface area contributed by atoms with Gasteiger partial charge in [0.1, 0.15) is 0 Å². The fraction of sp³-hybridized carbons (Fsp3) is 0.867. The molecule has 0 radical (unpaired) electrons. The number of nitrogens with one attached hydrogen (secondary N) is 1. The molecule has 1 aliphatic carbocycles. The Morgan fingerprint density at radius 3 is 2.50 bits per heavy atom. The average Bonchev–Trinajstić information content (AvgIpc) is 2.39. The van der Waals surface area contributed by atoms with Crippen molar-refractivity contribution in [2.75, 3.05) is 19.6 Å². The highest BCUT2D eigenvalue weighted by atomic mass is 16.4. The number of hydrogen-bond acceptors (Lipinski definition) is 2. The number of rotatable bonds is 6. The number of aliphatic carboxylic acids is 1. The van der Waals surface area contributed by atoms with E-state index in [1.165, 1.54) is 19.3 Å². The van der Waals surface area contributed by atoms with Crippen LogP contribution in [0.1, 0.15) is 51.4 Å². The van der Waals surface area contributed by atoms with E-state index in [4.69, 9.17) is 5.11 Å². The lowest BCUT2D eigenvalue weighted by Gasteiger charge is -2.33. The smallest absolute Gasteiger partial charge is 0.317 e. The van der Waals surface area contributed by atoms with E-state index in [1.54, 1.807) is 0 Å². The zero-order valence-corrected chi connectivity index (χ0v) is 12.1. The second-order valence-electron chi connectivity index (χ2n) is 6.20. The minimum atomic E-state index is -0.743. The highest BCUT2D eigenvalue weighted by Gasteiger charge is 2.24. The van der Waals surface area contributed by atoms with Gasteiger partial charge in [0.2, 0.25) is 0 Å². The minimum absolute atomic E-state index is 0.0318. The quantitative estimate of drug-likeness (QED) is 0.786. The van der Waals surface area contributed by atoms with Crippen molar-refractivity contribution >= 4 is 12.0 Å². The maximum Gasteiger partial charge on any atom is 0.317 e. The van der Waals surface area contributed by atoms with Crippen molar-refractivity contribution in [3.63, 3.8) is 0 Å². The second kappa shape index (κ2) is 7.50. The molecule has 5 nitrogen and oxygen atoms in total. The second-order valence-corrected chi connectivity index (χ2v) is 6.20. The number of carbonyl (C=O) groups excluding carboxylic acids is 1. The maximum atomic E-state index is 12.1. The normalized spacial score (nSPS) is 23.2. The van der Waals surface area contributed by atoms with Crippen molar-refractivity contribution in [1.82, 2.24) is 10.2 Å². The van der Waals surface area contributed by atoms with E-state index in [0.29, 0.717) is 18.9 Å². The van der Waals surface area contributed by atoms with E-state index >= 15 is 0 Å². The van der Waals surface area contributed by atoms with Crippen molar-refractivity contribution in [2.45, 2.75) is 51.4 Å². The number of urea groups is 1. The molecule has 2 fully saturated rings. The predicted octanol–water partition coefficient (Wildman–Crippen LogP) is 2.46. The summed E-state index contributed by atoms with van der Waals surface area (Å²) in [4.78, 5) is 24.5. The molecule has 1 heterocycles.